The van der Waals surface area contributed by atoms with Crippen LogP contribution in [0.25, 0.3) is 10.9 Å². The fraction of sp³-hybridized carbons (Fsp3) is 0.292. The summed E-state index contributed by atoms with van der Waals surface area (Å²) in [6.07, 6.45) is 4.85. The lowest BCUT2D eigenvalue weighted by molar-refractivity contribution is -0.135. The molecule has 1 atom stereocenters. The van der Waals surface area contributed by atoms with Gasteiger partial charge in [0.15, 0.2) is 0 Å². The third-order valence-corrected chi connectivity index (χ3v) is 6.34. The first-order valence-electron chi connectivity index (χ1n) is 10.6. The average molecular weight is 416 g/mol. The molecule has 3 N–H and O–H groups in total. The number of urea groups is 1. The van der Waals surface area contributed by atoms with Crippen molar-refractivity contribution in [1.29, 1.82) is 0 Å². The maximum absolute atomic E-state index is 13.3. The van der Waals surface area contributed by atoms with Crippen LogP contribution in [0.4, 0.5) is 4.79 Å². The summed E-state index contributed by atoms with van der Waals surface area (Å²) in [6, 6.07) is 15.2. The van der Waals surface area contributed by atoms with Crippen LogP contribution < -0.4 is 10.6 Å². The van der Waals surface area contributed by atoms with Crippen LogP contribution in [0.5, 0.6) is 0 Å². The lowest BCUT2D eigenvalue weighted by atomic mass is 9.76. The lowest BCUT2D eigenvalue weighted by Crippen LogP contribution is -2.47. The first-order valence-corrected chi connectivity index (χ1v) is 10.6. The number of H-pyrrole nitrogens is 1. The van der Waals surface area contributed by atoms with E-state index in [-0.39, 0.29) is 18.4 Å². The molecule has 0 radical (unpaired) electrons. The van der Waals surface area contributed by atoms with Gasteiger partial charge in [0.2, 0.25) is 5.91 Å². The summed E-state index contributed by atoms with van der Waals surface area (Å²) < 4.78 is 0. The molecule has 1 fully saturated rings. The Balaban J connectivity index is 1.24. The predicted octanol–water partition coefficient (Wildman–Crippen LogP) is 2.61. The highest BCUT2D eigenvalue weighted by Crippen LogP contribution is 2.39. The van der Waals surface area contributed by atoms with Crippen LogP contribution in [-0.4, -0.2) is 40.8 Å². The summed E-state index contributed by atoms with van der Waals surface area (Å²) in [5.41, 5.74) is 3.05. The fourth-order valence-electron chi connectivity index (χ4n) is 4.83. The number of nitrogens with zero attached hydrogens (tertiary/aromatic N) is 1. The van der Waals surface area contributed by atoms with Gasteiger partial charge in [-0.15, -0.1) is 0 Å². The van der Waals surface area contributed by atoms with Gasteiger partial charge in [0, 0.05) is 23.6 Å². The summed E-state index contributed by atoms with van der Waals surface area (Å²) in [4.78, 5) is 42.6. The highest BCUT2D eigenvalue weighted by atomic mass is 16.2. The Morgan fingerprint density at radius 2 is 1.90 bits per heavy atom. The lowest BCUT2D eigenvalue weighted by Gasteiger charge is -2.33. The van der Waals surface area contributed by atoms with E-state index in [0.29, 0.717) is 19.4 Å². The molecule has 1 aliphatic heterocycles. The molecular formula is C24H24N4O3. The molecule has 0 unspecified atom stereocenters. The van der Waals surface area contributed by atoms with Gasteiger partial charge >= 0.3 is 6.03 Å². The molecule has 5 rings (SSSR count). The van der Waals surface area contributed by atoms with Crippen LogP contribution in [0.3, 0.4) is 0 Å². The van der Waals surface area contributed by atoms with Gasteiger partial charge in [-0.1, -0.05) is 42.5 Å². The number of aromatic amines is 1. The van der Waals surface area contributed by atoms with E-state index in [0.717, 1.165) is 45.3 Å². The van der Waals surface area contributed by atoms with Crippen LogP contribution in [0.15, 0.2) is 54.7 Å². The molecule has 2 aromatic carbocycles. The highest BCUT2D eigenvalue weighted by molar-refractivity contribution is 6.09. The Morgan fingerprint density at radius 1 is 1.10 bits per heavy atom. The maximum atomic E-state index is 13.3. The van der Waals surface area contributed by atoms with Gasteiger partial charge in [-0.3, -0.25) is 14.5 Å². The first-order chi connectivity index (χ1) is 15.1. The van der Waals surface area contributed by atoms with Crippen molar-refractivity contribution in [2.75, 3.05) is 13.1 Å². The Hall–Kier alpha value is -3.61. The number of benzene rings is 2. The minimum atomic E-state index is -1.05. The smallest absolute Gasteiger partial charge is 0.325 e. The average Bonchev–Trinajstić information content (AvgIpc) is 3.29. The number of nitrogens with one attached hydrogen (secondary N) is 3. The number of hydrogen-bond donors (Lipinski definition) is 3. The second-order valence-electron chi connectivity index (χ2n) is 8.20. The quantitative estimate of drug-likeness (QED) is 0.558. The fourth-order valence-corrected chi connectivity index (χ4v) is 4.83. The van der Waals surface area contributed by atoms with E-state index in [1.165, 1.54) is 0 Å². The van der Waals surface area contributed by atoms with Crippen molar-refractivity contribution in [2.24, 2.45) is 0 Å². The van der Waals surface area contributed by atoms with E-state index < -0.39 is 11.6 Å². The minimum Gasteiger partial charge on any atom is -0.361 e. The summed E-state index contributed by atoms with van der Waals surface area (Å²) in [5, 5.41) is 6.85. The van der Waals surface area contributed by atoms with E-state index in [4.69, 9.17) is 0 Å². The van der Waals surface area contributed by atoms with Gasteiger partial charge < -0.3 is 15.6 Å². The number of aryl methyl sites for hydroxylation is 1. The zero-order chi connectivity index (χ0) is 21.4. The van der Waals surface area contributed by atoms with Crippen LogP contribution in [0.2, 0.25) is 0 Å². The number of para-hydroxylation sites is 1. The van der Waals surface area contributed by atoms with Crippen LogP contribution in [-0.2, 0) is 28.0 Å². The Kier molecular flexibility index (Phi) is 4.73. The van der Waals surface area contributed by atoms with E-state index in [2.05, 4.69) is 15.6 Å². The molecule has 0 bridgehead atoms. The number of aromatic nitrogens is 1. The molecule has 4 amide bonds. The monoisotopic (exact) mass is 416 g/mol. The number of rotatable bonds is 5. The van der Waals surface area contributed by atoms with Crippen molar-refractivity contribution in [3.63, 3.8) is 0 Å². The van der Waals surface area contributed by atoms with Crippen molar-refractivity contribution in [1.82, 2.24) is 20.5 Å². The van der Waals surface area contributed by atoms with Crippen molar-refractivity contribution in [3.05, 3.63) is 71.4 Å². The first kappa shape index (κ1) is 19.4. The zero-order valence-electron chi connectivity index (χ0n) is 17.1. The number of carbonyl (C=O) groups is 3. The molecule has 3 aromatic rings. The predicted molar refractivity (Wildman–Crippen MR) is 116 cm³/mol. The van der Waals surface area contributed by atoms with E-state index >= 15 is 0 Å². The maximum Gasteiger partial charge on any atom is 0.325 e. The van der Waals surface area contributed by atoms with Crippen LogP contribution >= 0.6 is 0 Å². The molecule has 2 heterocycles. The standard InChI is InChI=1S/C24H24N4O3/c29-21(25-13-11-17-14-26-20-10-4-2-8-18(17)20)15-28-22(30)24(27-23(28)31)12-5-7-16-6-1-3-9-19(16)24/h1-4,6,8-10,14,26H,5,7,11-13,15H2,(H,25,29)(H,27,31)/t24-/m1/s1. The third kappa shape index (κ3) is 3.26. The molecule has 7 heteroatoms. The second kappa shape index (κ2) is 7.58. The van der Waals surface area contributed by atoms with E-state index in [1.54, 1.807) is 0 Å². The van der Waals surface area contributed by atoms with Crippen molar-refractivity contribution in [3.8, 4) is 0 Å². The Labute approximate surface area is 179 Å². The number of imide groups is 1. The van der Waals surface area contributed by atoms with E-state index in [9.17, 15) is 14.4 Å². The molecule has 1 aromatic heterocycles. The third-order valence-electron chi connectivity index (χ3n) is 6.34. The normalized spacial score (nSPS) is 20.2. The number of carbonyl (C=O) groups excluding carboxylic acids is 3. The zero-order valence-corrected chi connectivity index (χ0v) is 17.1. The van der Waals surface area contributed by atoms with E-state index in [1.807, 2.05) is 54.7 Å². The van der Waals surface area contributed by atoms with Gasteiger partial charge in [0.25, 0.3) is 5.91 Å². The van der Waals surface area contributed by atoms with Crippen molar-refractivity contribution >= 4 is 28.7 Å². The van der Waals surface area contributed by atoms with Gasteiger partial charge in [-0.2, -0.15) is 0 Å². The molecule has 1 spiro atoms. The van der Waals surface area contributed by atoms with Gasteiger partial charge in [-0.25, -0.2) is 4.79 Å². The molecule has 158 valence electrons. The topological polar surface area (TPSA) is 94.3 Å². The van der Waals surface area contributed by atoms with Crippen molar-refractivity contribution in [2.45, 2.75) is 31.2 Å². The van der Waals surface area contributed by atoms with Crippen LogP contribution in [0, 0.1) is 0 Å². The summed E-state index contributed by atoms with van der Waals surface area (Å²) in [7, 11) is 0. The van der Waals surface area contributed by atoms with Gasteiger partial charge in [-0.05, 0) is 48.4 Å². The van der Waals surface area contributed by atoms with Gasteiger partial charge in [0.05, 0.1) is 0 Å². The molecule has 0 saturated carbocycles. The number of amides is 4. The molecule has 7 nitrogen and oxygen atoms in total. The highest BCUT2D eigenvalue weighted by Gasteiger charge is 2.54. The molecular weight excluding hydrogens is 392 g/mol. The number of fused-ring (bicyclic) bond motifs is 3. The summed E-state index contributed by atoms with van der Waals surface area (Å²) >= 11 is 0. The molecule has 1 saturated heterocycles. The Morgan fingerprint density at radius 3 is 2.81 bits per heavy atom. The van der Waals surface area contributed by atoms with Crippen LogP contribution in [0.1, 0.15) is 29.5 Å². The molecule has 1 aliphatic carbocycles. The SMILES string of the molecule is O=C(CN1C(=O)N[C@@]2(CCCc3ccccc32)C1=O)NCCc1c[nH]c2ccccc12. The van der Waals surface area contributed by atoms with Crippen molar-refractivity contribution < 1.29 is 14.4 Å². The van der Waals surface area contributed by atoms with Gasteiger partial charge in [0.1, 0.15) is 12.1 Å². The minimum absolute atomic E-state index is 0.275. The summed E-state index contributed by atoms with van der Waals surface area (Å²) in [6.45, 7) is 0.154. The Bertz CT molecular complexity index is 1180. The molecule has 31 heavy (non-hydrogen) atoms. The summed E-state index contributed by atoms with van der Waals surface area (Å²) in [5.74, 6) is -0.680. The molecule has 2 aliphatic rings. The largest absolute Gasteiger partial charge is 0.361 e. The second-order valence-corrected chi connectivity index (χ2v) is 8.20. The number of hydrogen-bond acceptors (Lipinski definition) is 3.